The number of nitrogens with zero attached hydrogens (tertiary/aromatic N) is 4. The summed E-state index contributed by atoms with van der Waals surface area (Å²) in [6.07, 6.45) is 6.41. The zero-order valence-corrected chi connectivity index (χ0v) is 14.8. The molecule has 0 bridgehead atoms. The maximum absolute atomic E-state index is 8.74. The van der Waals surface area contributed by atoms with Crippen molar-refractivity contribution in [2.45, 2.75) is 19.8 Å². The van der Waals surface area contributed by atoms with E-state index in [1.807, 2.05) is 49.4 Å². The van der Waals surface area contributed by atoms with Gasteiger partial charge in [-0.1, -0.05) is 18.2 Å². The van der Waals surface area contributed by atoms with Gasteiger partial charge in [0.25, 0.3) is 0 Å². The smallest absolute Gasteiger partial charge is 0.222 e. The first kappa shape index (κ1) is 18.9. The number of anilines is 2. The number of nitrogen functional groups attached to an aromatic ring is 1. The molecule has 6 heteroatoms. The minimum absolute atomic E-state index is 0.307. The second kappa shape index (κ2) is 10.4. The Hall–Kier alpha value is -3.46. The highest BCUT2D eigenvalue weighted by Gasteiger charge is 2.03. The number of aryl methyl sites for hydroxylation is 1. The Bertz CT molecular complexity index is 798. The Morgan fingerprint density at radius 3 is 2.42 bits per heavy atom. The normalized spacial score (nSPS) is 9.54. The Kier molecular flexibility index (Phi) is 7.56. The van der Waals surface area contributed by atoms with Crippen molar-refractivity contribution in [2.24, 2.45) is 0 Å². The van der Waals surface area contributed by atoms with Gasteiger partial charge in [0.1, 0.15) is 0 Å². The first-order valence-electron chi connectivity index (χ1n) is 8.32. The Balaban J connectivity index is 0.000000342. The zero-order valence-electron chi connectivity index (χ0n) is 14.8. The number of benzene rings is 1. The van der Waals surface area contributed by atoms with E-state index in [4.69, 9.17) is 11.0 Å². The Morgan fingerprint density at radius 2 is 1.85 bits per heavy atom. The number of hydrogen-bond acceptors (Lipinski definition) is 6. The first-order valence-corrected chi connectivity index (χ1v) is 8.32. The average Bonchev–Trinajstić information content (AvgIpc) is 2.68. The topological polar surface area (TPSA) is 101 Å². The third-order valence-electron chi connectivity index (χ3n) is 3.57. The van der Waals surface area contributed by atoms with Crippen LogP contribution in [0.5, 0.6) is 0 Å². The Morgan fingerprint density at radius 1 is 1.12 bits per heavy atom. The van der Waals surface area contributed by atoms with E-state index in [0.717, 1.165) is 29.9 Å². The van der Waals surface area contributed by atoms with Gasteiger partial charge in [-0.2, -0.15) is 5.26 Å². The quantitative estimate of drug-likeness (QED) is 0.688. The molecule has 0 aliphatic carbocycles. The summed E-state index contributed by atoms with van der Waals surface area (Å²) >= 11 is 0. The second-order valence-electron chi connectivity index (χ2n) is 5.60. The molecule has 2 aromatic heterocycles. The number of nitrogens with one attached hydrogen (secondary N) is 1. The number of pyridine rings is 1. The molecule has 0 amide bonds. The maximum atomic E-state index is 8.74. The van der Waals surface area contributed by atoms with Crippen molar-refractivity contribution in [3.05, 3.63) is 77.9 Å². The SMILES string of the molecule is Cc1cnc(NCCc2ccc(N)cc2)nc1CC#N.c1ccncc1. The van der Waals surface area contributed by atoms with Crippen molar-refractivity contribution in [3.63, 3.8) is 0 Å². The molecule has 0 aliphatic rings. The van der Waals surface area contributed by atoms with E-state index in [-0.39, 0.29) is 0 Å². The fourth-order valence-corrected chi connectivity index (χ4v) is 2.13. The lowest BCUT2D eigenvalue weighted by molar-refractivity contribution is 0.955. The lowest BCUT2D eigenvalue weighted by Crippen LogP contribution is -2.09. The van der Waals surface area contributed by atoms with E-state index in [1.54, 1.807) is 18.6 Å². The van der Waals surface area contributed by atoms with Gasteiger partial charge in [-0.05, 0) is 48.7 Å². The highest BCUT2D eigenvalue weighted by Crippen LogP contribution is 2.09. The molecule has 0 fully saturated rings. The standard InChI is InChI=1S/C15H17N5.C5H5N/c1-11-10-19-15(20-14(11)6-8-16)18-9-7-12-2-4-13(17)5-3-12;1-2-4-6-5-3-1/h2-5,10H,6-7,9,17H2,1H3,(H,18,19,20);1-5H. The monoisotopic (exact) mass is 346 g/mol. The van der Waals surface area contributed by atoms with E-state index in [0.29, 0.717) is 12.4 Å². The Labute approximate surface area is 153 Å². The van der Waals surface area contributed by atoms with Gasteiger partial charge in [0.05, 0.1) is 18.2 Å². The highest BCUT2D eigenvalue weighted by molar-refractivity contribution is 5.39. The first-order chi connectivity index (χ1) is 12.7. The molecule has 0 atom stereocenters. The number of rotatable bonds is 5. The third-order valence-corrected chi connectivity index (χ3v) is 3.57. The van der Waals surface area contributed by atoms with Gasteiger partial charge in [-0.3, -0.25) is 4.98 Å². The van der Waals surface area contributed by atoms with Crippen LogP contribution in [0.25, 0.3) is 0 Å². The number of aromatic nitrogens is 3. The maximum Gasteiger partial charge on any atom is 0.222 e. The third kappa shape index (κ3) is 6.57. The molecule has 26 heavy (non-hydrogen) atoms. The van der Waals surface area contributed by atoms with Gasteiger partial charge >= 0.3 is 0 Å². The molecule has 3 rings (SSSR count). The molecular formula is C20H22N6. The van der Waals surface area contributed by atoms with Crippen molar-refractivity contribution < 1.29 is 0 Å². The van der Waals surface area contributed by atoms with Crippen molar-refractivity contribution in [1.29, 1.82) is 5.26 Å². The predicted molar refractivity (Wildman–Crippen MR) is 103 cm³/mol. The predicted octanol–water partition coefficient (Wildman–Crippen LogP) is 3.17. The summed E-state index contributed by atoms with van der Waals surface area (Å²) in [6.45, 7) is 2.64. The summed E-state index contributed by atoms with van der Waals surface area (Å²) in [6, 6.07) is 15.6. The summed E-state index contributed by atoms with van der Waals surface area (Å²) in [5.41, 5.74) is 9.33. The minimum Gasteiger partial charge on any atom is -0.399 e. The fraction of sp³-hybridized carbons (Fsp3) is 0.200. The molecule has 2 heterocycles. The van der Waals surface area contributed by atoms with Gasteiger partial charge in [0.2, 0.25) is 5.95 Å². The van der Waals surface area contributed by atoms with E-state index >= 15 is 0 Å². The van der Waals surface area contributed by atoms with Crippen LogP contribution in [-0.4, -0.2) is 21.5 Å². The van der Waals surface area contributed by atoms with Crippen LogP contribution in [0.3, 0.4) is 0 Å². The average molecular weight is 346 g/mol. The molecule has 6 nitrogen and oxygen atoms in total. The van der Waals surface area contributed by atoms with Gasteiger partial charge < -0.3 is 11.1 Å². The van der Waals surface area contributed by atoms with Crippen LogP contribution >= 0.6 is 0 Å². The largest absolute Gasteiger partial charge is 0.399 e. The van der Waals surface area contributed by atoms with E-state index < -0.39 is 0 Å². The van der Waals surface area contributed by atoms with Crippen LogP contribution in [0, 0.1) is 18.3 Å². The molecule has 3 aromatic rings. The molecule has 0 saturated heterocycles. The van der Waals surface area contributed by atoms with Crippen LogP contribution in [0.2, 0.25) is 0 Å². The molecule has 0 saturated carbocycles. The lowest BCUT2D eigenvalue weighted by atomic mass is 10.1. The molecule has 0 unspecified atom stereocenters. The fourth-order valence-electron chi connectivity index (χ4n) is 2.13. The number of nitrogens with two attached hydrogens (primary N) is 1. The van der Waals surface area contributed by atoms with Gasteiger partial charge in [-0.15, -0.1) is 0 Å². The summed E-state index contributed by atoms with van der Waals surface area (Å²) in [7, 11) is 0. The van der Waals surface area contributed by atoms with Gasteiger partial charge in [-0.25, -0.2) is 9.97 Å². The molecule has 132 valence electrons. The van der Waals surface area contributed by atoms with Crippen LogP contribution in [0.4, 0.5) is 11.6 Å². The van der Waals surface area contributed by atoms with E-state index in [9.17, 15) is 0 Å². The molecule has 3 N–H and O–H groups in total. The second-order valence-corrected chi connectivity index (χ2v) is 5.60. The van der Waals surface area contributed by atoms with Crippen molar-refractivity contribution in [2.75, 3.05) is 17.6 Å². The molecule has 0 radical (unpaired) electrons. The molecule has 1 aromatic carbocycles. The molecular weight excluding hydrogens is 324 g/mol. The molecule has 0 spiro atoms. The van der Waals surface area contributed by atoms with Crippen LogP contribution in [0.15, 0.2) is 61.1 Å². The van der Waals surface area contributed by atoms with Gasteiger partial charge in [0, 0.05) is 30.8 Å². The number of hydrogen-bond donors (Lipinski definition) is 2. The lowest BCUT2D eigenvalue weighted by Gasteiger charge is -2.07. The number of nitriles is 1. The highest BCUT2D eigenvalue weighted by atomic mass is 15.1. The van der Waals surface area contributed by atoms with Crippen LogP contribution in [0.1, 0.15) is 16.8 Å². The zero-order chi connectivity index (χ0) is 18.6. The summed E-state index contributed by atoms with van der Waals surface area (Å²) < 4.78 is 0. The van der Waals surface area contributed by atoms with Crippen molar-refractivity contribution in [3.8, 4) is 6.07 Å². The minimum atomic E-state index is 0.307. The van der Waals surface area contributed by atoms with Crippen LogP contribution in [-0.2, 0) is 12.8 Å². The van der Waals surface area contributed by atoms with E-state index in [1.165, 1.54) is 5.56 Å². The summed E-state index contributed by atoms with van der Waals surface area (Å²) in [4.78, 5) is 12.3. The van der Waals surface area contributed by atoms with Gasteiger partial charge in [0.15, 0.2) is 0 Å². The van der Waals surface area contributed by atoms with Crippen molar-refractivity contribution >= 4 is 11.6 Å². The summed E-state index contributed by atoms with van der Waals surface area (Å²) in [5.74, 6) is 0.566. The molecule has 0 aliphatic heterocycles. The summed E-state index contributed by atoms with van der Waals surface area (Å²) in [5, 5.41) is 11.9. The van der Waals surface area contributed by atoms with Crippen molar-refractivity contribution in [1.82, 2.24) is 15.0 Å². The van der Waals surface area contributed by atoms with Crippen LogP contribution < -0.4 is 11.1 Å². The van der Waals surface area contributed by atoms with E-state index in [2.05, 4.69) is 26.3 Å².